The summed E-state index contributed by atoms with van der Waals surface area (Å²) < 4.78 is 5.62. The van der Waals surface area contributed by atoms with Gasteiger partial charge in [0.05, 0.1) is 29.5 Å². The maximum absolute atomic E-state index is 11.3. The minimum atomic E-state index is -1.55. The third kappa shape index (κ3) is 5.02. The molecule has 2 heterocycles. The summed E-state index contributed by atoms with van der Waals surface area (Å²) in [6.07, 6.45) is 6.11. The van der Waals surface area contributed by atoms with Gasteiger partial charge in [-0.05, 0) is 45.4 Å². The van der Waals surface area contributed by atoms with E-state index in [4.69, 9.17) is 4.74 Å². The molecule has 0 spiro atoms. The Balaban J connectivity index is 1.43. The minimum absolute atomic E-state index is 0.0415. The number of hydrogen-bond acceptors (Lipinski definition) is 9. The Morgan fingerprint density at radius 1 is 0.938 bits per heavy atom. The molecular weight excluding hydrogens is 432 g/mol. The van der Waals surface area contributed by atoms with Gasteiger partial charge in [0.25, 0.3) is 0 Å². The number of fused-ring (bicyclic) bond motifs is 1. The van der Waals surface area contributed by atoms with Crippen LogP contribution in [0.25, 0.3) is 0 Å². The zero-order chi connectivity index (χ0) is 23.0. The third-order valence-corrected chi connectivity index (χ3v) is 9.73. The second-order valence-corrected chi connectivity index (χ2v) is 12.5. The van der Waals surface area contributed by atoms with Gasteiger partial charge in [-0.25, -0.2) is 0 Å². The quantitative estimate of drug-likeness (QED) is 0.289. The fourth-order valence-electron chi connectivity index (χ4n) is 6.41. The van der Waals surface area contributed by atoms with Crippen LogP contribution in [0.15, 0.2) is 0 Å². The highest BCUT2D eigenvalue weighted by atomic mass is 32.2. The molecule has 32 heavy (non-hydrogen) atoms. The van der Waals surface area contributed by atoms with E-state index in [2.05, 4.69) is 5.32 Å². The van der Waals surface area contributed by atoms with E-state index in [1.54, 1.807) is 16.7 Å². The number of aliphatic hydroxyl groups is 5. The van der Waals surface area contributed by atoms with E-state index < -0.39 is 47.8 Å². The van der Waals surface area contributed by atoms with Crippen LogP contribution >= 0.6 is 11.8 Å². The van der Waals surface area contributed by atoms with Gasteiger partial charge in [-0.3, -0.25) is 10.2 Å². The van der Waals surface area contributed by atoms with Crippen molar-refractivity contribution in [3.63, 3.8) is 0 Å². The lowest BCUT2D eigenvalue weighted by molar-refractivity contribution is -0.223. The molecule has 4 aliphatic rings. The van der Waals surface area contributed by atoms with Crippen LogP contribution in [0.2, 0.25) is 0 Å². The van der Waals surface area contributed by atoms with Crippen LogP contribution in [0.1, 0.15) is 78.1 Å². The molecule has 0 radical (unpaired) electrons. The summed E-state index contributed by atoms with van der Waals surface area (Å²) in [5, 5.41) is 55.8. The van der Waals surface area contributed by atoms with Crippen molar-refractivity contribution in [1.29, 1.82) is 0 Å². The van der Waals surface area contributed by atoms with Crippen LogP contribution in [0.3, 0.4) is 0 Å². The molecule has 4 rings (SSSR count). The average Bonchev–Trinajstić information content (AvgIpc) is 3.01. The Hall–Kier alpha value is 0.0300. The van der Waals surface area contributed by atoms with Crippen molar-refractivity contribution >= 4 is 11.8 Å². The molecule has 2 aliphatic heterocycles. The predicted molar refractivity (Wildman–Crippen MR) is 122 cm³/mol. The largest absolute Gasteiger partial charge is 0.378 e. The number of thioether (sulfide) groups is 1. The second-order valence-electron chi connectivity index (χ2n) is 10.7. The second kappa shape index (κ2) is 10.3. The van der Waals surface area contributed by atoms with Crippen molar-refractivity contribution < 1.29 is 30.3 Å². The van der Waals surface area contributed by atoms with Crippen LogP contribution in [0, 0.1) is 11.8 Å². The van der Waals surface area contributed by atoms with Crippen LogP contribution in [-0.4, -0.2) is 83.8 Å². The lowest BCUT2D eigenvalue weighted by atomic mass is 9.78. The van der Waals surface area contributed by atoms with E-state index in [-0.39, 0.29) is 17.4 Å². The third-order valence-electron chi connectivity index (χ3n) is 8.10. The summed E-state index contributed by atoms with van der Waals surface area (Å²) in [7, 11) is 0. The molecule has 0 aromatic carbocycles. The molecule has 7 unspecified atom stereocenters. The number of hydrogen-bond donors (Lipinski definition) is 6. The number of rotatable bonds is 8. The number of nitrogens with zero attached hydrogens (tertiary/aromatic N) is 1. The highest BCUT2D eigenvalue weighted by Crippen LogP contribution is 2.53. The monoisotopic (exact) mass is 474 g/mol. The number of nitrogens with one attached hydrogen (secondary N) is 1. The Morgan fingerprint density at radius 2 is 1.53 bits per heavy atom. The fourth-order valence-corrected chi connectivity index (χ4v) is 8.16. The lowest BCUT2D eigenvalue weighted by Gasteiger charge is -2.52. The predicted octanol–water partition coefficient (Wildman–Crippen LogP) is 1.29. The number of ether oxygens (including phenoxy) is 1. The van der Waals surface area contributed by atoms with Gasteiger partial charge in [-0.1, -0.05) is 38.5 Å². The van der Waals surface area contributed by atoms with E-state index in [1.807, 2.05) is 13.8 Å². The molecule has 186 valence electrons. The SMILES string of the molecule is CC1(C)SC2C(NC(O)C(C3CCCCC3)C(O)OC3CCCCC3)C(O)N2C1C(O)O. The normalized spacial score (nSPS) is 37.1. The molecule has 0 aromatic heterocycles. The summed E-state index contributed by atoms with van der Waals surface area (Å²) in [5.74, 6) is -0.296. The van der Waals surface area contributed by atoms with Crippen molar-refractivity contribution in [3.8, 4) is 0 Å². The highest BCUT2D eigenvalue weighted by Gasteiger charge is 2.63. The van der Waals surface area contributed by atoms with E-state index in [0.717, 1.165) is 51.4 Å². The molecule has 2 saturated carbocycles. The molecule has 2 aliphatic carbocycles. The van der Waals surface area contributed by atoms with Crippen molar-refractivity contribution in [1.82, 2.24) is 10.2 Å². The van der Waals surface area contributed by atoms with Gasteiger partial charge in [-0.15, -0.1) is 11.8 Å². The molecule has 0 aromatic rings. The van der Waals surface area contributed by atoms with E-state index in [1.165, 1.54) is 12.8 Å². The van der Waals surface area contributed by atoms with Gasteiger partial charge in [0.1, 0.15) is 12.5 Å². The highest BCUT2D eigenvalue weighted by molar-refractivity contribution is 8.01. The molecule has 8 nitrogen and oxygen atoms in total. The molecule has 2 saturated heterocycles. The topological polar surface area (TPSA) is 126 Å². The zero-order valence-corrected chi connectivity index (χ0v) is 20.2. The fraction of sp³-hybridized carbons (Fsp3) is 1.00. The Morgan fingerprint density at radius 3 is 2.12 bits per heavy atom. The van der Waals surface area contributed by atoms with E-state index >= 15 is 0 Å². The molecule has 4 fully saturated rings. The van der Waals surface area contributed by atoms with Crippen molar-refractivity contribution in [2.75, 3.05) is 0 Å². The first-order valence-electron chi connectivity index (χ1n) is 12.5. The minimum Gasteiger partial charge on any atom is -0.378 e. The zero-order valence-electron chi connectivity index (χ0n) is 19.3. The molecule has 9 heteroatoms. The summed E-state index contributed by atoms with van der Waals surface area (Å²) in [4.78, 5) is 1.71. The van der Waals surface area contributed by atoms with Gasteiger partial charge < -0.3 is 30.3 Å². The van der Waals surface area contributed by atoms with Gasteiger partial charge in [0.2, 0.25) is 0 Å². The van der Waals surface area contributed by atoms with Crippen molar-refractivity contribution in [2.45, 2.75) is 131 Å². The summed E-state index contributed by atoms with van der Waals surface area (Å²) >= 11 is 1.57. The molecule has 6 N–H and O–H groups in total. The molecule has 7 atom stereocenters. The first-order chi connectivity index (χ1) is 15.2. The van der Waals surface area contributed by atoms with Gasteiger partial charge in [-0.2, -0.15) is 0 Å². The lowest BCUT2D eigenvalue weighted by Crippen LogP contribution is -2.74. The van der Waals surface area contributed by atoms with E-state index in [0.29, 0.717) is 0 Å². The van der Waals surface area contributed by atoms with E-state index in [9.17, 15) is 25.5 Å². The maximum Gasteiger partial charge on any atom is 0.168 e. The van der Waals surface area contributed by atoms with Crippen LogP contribution in [0.5, 0.6) is 0 Å². The van der Waals surface area contributed by atoms with Crippen molar-refractivity contribution in [2.24, 2.45) is 11.8 Å². The standard InChI is InChI=1S/C23H42N2O6S/c1-23(2)17(21(28)29)25-19(27)16(20(25)32-23)24-18(26)15(13-9-5-3-6-10-13)22(30)31-14-11-7-4-8-12-14/h13-22,24,26-30H,3-12H2,1-2H3. The van der Waals surface area contributed by atoms with Crippen LogP contribution in [-0.2, 0) is 4.74 Å². The Labute approximate surface area is 195 Å². The first kappa shape index (κ1) is 25.1. The maximum atomic E-state index is 11.3. The van der Waals surface area contributed by atoms with Gasteiger partial charge in [0, 0.05) is 4.75 Å². The molecule has 0 bridgehead atoms. The molecular formula is C23H42N2O6S. The first-order valence-corrected chi connectivity index (χ1v) is 13.4. The Kier molecular flexibility index (Phi) is 8.12. The van der Waals surface area contributed by atoms with Crippen LogP contribution < -0.4 is 5.32 Å². The van der Waals surface area contributed by atoms with Gasteiger partial charge in [0.15, 0.2) is 12.6 Å². The average molecular weight is 475 g/mol. The van der Waals surface area contributed by atoms with Gasteiger partial charge >= 0.3 is 0 Å². The smallest absolute Gasteiger partial charge is 0.168 e. The summed E-state index contributed by atoms with van der Waals surface area (Å²) in [5.41, 5.74) is 0. The Bertz CT molecular complexity index is 613. The van der Waals surface area contributed by atoms with Crippen LogP contribution in [0.4, 0.5) is 0 Å². The molecule has 0 amide bonds. The summed E-state index contributed by atoms with van der Waals surface area (Å²) in [6.45, 7) is 3.87. The summed E-state index contributed by atoms with van der Waals surface area (Å²) in [6, 6.07) is -1.01. The number of aliphatic hydroxyl groups excluding tert-OH is 4. The van der Waals surface area contributed by atoms with Crippen molar-refractivity contribution in [3.05, 3.63) is 0 Å².